The van der Waals surface area contributed by atoms with Crippen molar-refractivity contribution in [2.24, 2.45) is 0 Å². The molecule has 14 heavy (non-hydrogen) atoms. The standard InChI is InChI=1S/C10H9NO3/c12-9-8-6(5-14-10(8)13)3-4-11(9)7-1-2-7/h3-4,7H,1-2,5H2. The van der Waals surface area contributed by atoms with Crippen molar-refractivity contribution in [2.45, 2.75) is 25.5 Å². The number of nitrogens with zero attached hydrogens (tertiary/aromatic N) is 1. The van der Waals surface area contributed by atoms with Crippen molar-refractivity contribution in [2.75, 3.05) is 0 Å². The van der Waals surface area contributed by atoms with Crippen molar-refractivity contribution < 1.29 is 9.53 Å². The van der Waals surface area contributed by atoms with Crippen LogP contribution in [0, 0.1) is 0 Å². The summed E-state index contributed by atoms with van der Waals surface area (Å²) in [5, 5.41) is 0. The number of carbonyl (C=O) groups excluding carboxylic acids is 1. The van der Waals surface area contributed by atoms with Gasteiger partial charge >= 0.3 is 5.97 Å². The molecule has 1 saturated carbocycles. The minimum atomic E-state index is -0.472. The lowest BCUT2D eigenvalue weighted by Gasteiger charge is -2.03. The highest BCUT2D eigenvalue weighted by molar-refractivity contribution is 5.92. The molecule has 4 nitrogen and oxygen atoms in total. The average molecular weight is 191 g/mol. The molecule has 0 spiro atoms. The lowest BCUT2D eigenvalue weighted by molar-refractivity contribution is 0.0533. The minimum absolute atomic E-state index is 0.187. The second kappa shape index (κ2) is 2.47. The molecule has 1 aliphatic carbocycles. The first-order chi connectivity index (χ1) is 6.77. The van der Waals surface area contributed by atoms with Crippen molar-refractivity contribution in [3.8, 4) is 0 Å². The number of fused-ring (bicyclic) bond motifs is 1. The Morgan fingerprint density at radius 2 is 2.14 bits per heavy atom. The van der Waals surface area contributed by atoms with Crippen LogP contribution in [0.25, 0.3) is 0 Å². The van der Waals surface area contributed by atoms with Crippen LogP contribution in [0.2, 0.25) is 0 Å². The van der Waals surface area contributed by atoms with Gasteiger partial charge in [0.1, 0.15) is 12.2 Å². The van der Waals surface area contributed by atoms with Crippen molar-refractivity contribution >= 4 is 5.97 Å². The maximum absolute atomic E-state index is 11.8. The Balaban J connectivity index is 2.24. The molecular formula is C10H9NO3. The van der Waals surface area contributed by atoms with Gasteiger partial charge in [-0.15, -0.1) is 0 Å². The van der Waals surface area contributed by atoms with E-state index in [1.165, 1.54) is 0 Å². The van der Waals surface area contributed by atoms with E-state index >= 15 is 0 Å². The zero-order valence-corrected chi connectivity index (χ0v) is 7.53. The number of ether oxygens (including phenoxy) is 1. The number of hydrogen-bond acceptors (Lipinski definition) is 3. The Bertz CT molecular complexity index is 471. The summed E-state index contributed by atoms with van der Waals surface area (Å²) < 4.78 is 6.45. The first kappa shape index (κ1) is 7.79. The summed E-state index contributed by atoms with van der Waals surface area (Å²) in [5.74, 6) is -0.472. The van der Waals surface area contributed by atoms with E-state index in [0.717, 1.165) is 18.4 Å². The number of hydrogen-bond donors (Lipinski definition) is 0. The molecule has 1 aromatic rings. The van der Waals surface area contributed by atoms with Gasteiger partial charge in [0.2, 0.25) is 0 Å². The van der Waals surface area contributed by atoms with E-state index in [1.54, 1.807) is 16.8 Å². The minimum Gasteiger partial charge on any atom is -0.457 e. The summed E-state index contributed by atoms with van der Waals surface area (Å²) in [4.78, 5) is 23.1. The van der Waals surface area contributed by atoms with E-state index in [9.17, 15) is 9.59 Å². The van der Waals surface area contributed by atoms with Gasteiger partial charge in [-0.25, -0.2) is 4.79 Å². The predicted molar refractivity (Wildman–Crippen MR) is 48.1 cm³/mol. The maximum atomic E-state index is 11.8. The highest BCUT2D eigenvalue weighted by atomic mass is 16.5. The van der Waals surface area contributed by atoms with Crippen molar-refractivity contribution in [1.29, 1.82) is 0 Å². The number of esters is 1. The number of carbonyl (C=O) groups is 1. The molecule has 0 N–H and O–H groups in total. The molecule has 0 bridgehead atoms. The van der Waals surface area contributed by atoms with E-state index in [-0.39, 0.29) is 17.7 Å². The molecule has 72 valence electrons. The Morgan fingerprint density at radius 1 is 1.36 bits per heavy atom. The van der Waals surface area contributed by atoms with Crippen LogP contribution in [0.4, 0.5) is 0 Å². The van der Waals surface area contributed by atoms with Crippen LogP contribution in [-0.2, 0) is 11.3 Å². The van der Waals surface area contributed by atoms with Gasteiger partial charge in [0.05, 0.1) is 0 Å². The topological polar surface area (TPSA) is 48.3 Å². The summed E-state index contributed by atoms with van der Waals surface area (Å²) in [7, 11) is 0. The van der Waals surface area contributed by atoms with Gasteiger partial charge in [0.15, 0.2) is 0 Å². The SMILES string of the molecule is O=C1OCc2ccn(C3CC3)c(=O)c21. The fourth-order valence-electron chi connectivity index (χ4n) is 1.78. The maximum Gasteiger partial charge on any atom is 0.344 e. The number of cyclic esters (lactones) is 1. The van der Waals surface area contributed by atoms with Crippen LogP contribution in [0.5, 0.6) is 0 Å². The van der Waals surface area contributed by atoms with Gasteiger partial charge < -0.3 is 9.30 Å². The van der Waals surface area contributed by atoms with Gasteiger partial charge in [-0.05, 0) is 18.9 Å². The van der Waals surface area contributed by atoms with Crippen LogP contribution in [0.1, 0.15) is 34.8 Å². The third kappa shape index (κ3) is 0.937. The van der Waals surface area contributed by atoms with Gasteiger partial charge in [-0.3, -0.25) is 4.79 Å². The molecule has 0 radical (unpaired) electrons. The third-order valence-electron chi connectivity index (χ3n) is 2.71. The molecule has 1 aromatic heterocycles. The van der Waals surface area contributed by atoms with Crippen molar-refractivity contribution in [3.63, 3.8) is 0 Å². The quantitative estimate of drug-likeness (QED) is 0.618. The van der Waals surface area contributed by atoms with Gasteiger partial charge in [-0.1, -0.05) is 0 Å². The molecule has 0 atom stereocenters. The Hall–Kier alpha value is -1.58. The Morgan fingerprint density at radius 3 is 2.86 bits per heavy atom. The predicted octanol–water partition coefficient (Wildman–Crippen LogP) is 0.854. The molecule has 0 amide bonds. The Kier molecular flexibility index (Phi) is 1.37. The van der Waals surface area contributed by atoms with Crippen LogP contribution < -0.4 is 5.56 Å². The fraction of sp³-hybridized carbons (Fsp3) is 0.400. The summed E-state index contributed by atoms with van der Waals surface area (Å²) in [6.07, 6.45) is 3.84. The zero-order valence-electron chi connectivity index (χ0n) is 7.53. The first-order valence-corrected chi connectivity index (χ1v) is 4.68. The summed E-state index contributed by atoms with van der Waals surface area (Å²) >= 11 is 0. The first-order valence-electron chi connectivity index (χ1n) is 4.68. The monoisotopic (exact) mass is 191 g/mol. The summed E-state index contributed by atoms with van der Waals surface area (Å²) in [6, 6.07) is 2.11. The van der Waals surface area contributed by atoms with E-state index in [4.69, 9.17) is 4.74 Å². The second-order valence-electron chi connectivity index (χ2n) is 3.74. The molecule has 0 saturated heterocycles. The van der Waals surface area contributed by atoms with Crippen LogP contribution >= 0.6 is 0 Å². The van der Waals surface area contributed by atoms with E-state index in [2.05, 4.69) is 0 Å². The molecule has 1 fully saturated rings. The number of pyridine rings is 1. The number of rotatable bonds is 1. The van der Waals surface area contributed by atoms with Gasteiger partial charge in [0, 0.05) is 17.8 Å². The molecule has 0 unspecified atom stereocenters. The molecule has 2 heterocycles. The number of aromatic nitrogens is 1. The van der Waals surface area contributed by atoms with Crippen LogP contribution in [0.3, 0.4) is 0 Å². The van der Waals surface area contributed by atoms with Crippen molar-refractivity contribution in [1.82, 2.24) is 4.57 Å². The lowest BCUT2D eigenvalue weighted by atomic mass is 10.2. The fourth-order valence-corrected chi connectivity index (χ4v) is 1.78. The third-order valence-corrected chi connectivity index (χ3v) is 2.71. The molecule has 3 rings (SSSR count). The molecule has 0 aromatic carbocycles. The van der Waals surface area contributed by atoms with Crippen LogP contribution in [-0.4, -0.2) is 10.5 Å². The Labute approximate surface area is 80.1 Å². The second-order valence-corrected chi connectivity index (χ2v) is 3.74. The summed E-state index contributed by atoms with van der Waals surface area (Å²) in [5.41, 5.74) is 0.767. The zero-order chi connectivity index (χ0) is 9.71. The molecular weight excluding hydrogens is 182 g/mol. The molecule has 1 aliphatic heterocycles. The largest absolute Gasteiger partial charge is 0.457 e. The summed E-state index contributed by atoms with van der Waals surface area (Å²) in [6.45, 7) is 0.245. The van der Waals surface area contributed by atoms with E-state index < -0.39 is 5.97 Å². The molecule has 2 aliphatic rings. The van der Waals surface area contributed by atoms with Crippen LogP contribution in [0.15, 0.2) is 17.1 Å². The van der Waals surface area contributed by atoms with Crippen molar-refractivity contribution in [3.05, 3.63) is 33.7 Å². The van der Waals surface area contributed by atoms with Gasteiger partial charge in [0.25, 0.3) is 5.56 Å². The highest BCUT2D eigenvalue weighted by Crippen LogP contribution is 2.33. The van der Waals surface area contributed by atoms with E-state index in [0.29, 0.717) is 6.04 Å². The normalized spacial score (nSPS) is 19.3. The van der Waals surface area contributed by atoms with E-state index in [1.807, 2.05) is 0 Å². The van der Waals surface area contributed by atoms with Gasteiger partial charge in [-0.2, -0.15) is 0 Å². The lowest BCUT2D eigenvalue weighted by Crippen LogP contribution is -2.24. The highest BCUT2D eigenvalue weighted by Gasteiger charge is 2.30. The molecule has 4 heteroatoms. The average Bonchev–Trinajstić information content (AvgIpc) is 2.92. The smallest absolute Gasteiger partial charge is 0.344 e.